The molecule has 1 aromatic rings. The third-order valence-electron chi connectivity index (χ3n) is 4.35. The SMILES string of the molecule is C=CCNS(=O)(=O)Cc1ccc(NC(=O)C2CCCN2S(=O)(=O)CCC)cc1. The molecular weight excluding hydrogens is 402 g/mol. The zero-order chi connectivity index (χ0) is 20.8. The number of anilines is 1. The molecule has 2 N–H and O–H groups in total. The summed E-state index contributed by atoms with van der Waals surface area (Å²) in [6, 6.07) is 5.73. The van der Waals surface area contributed by atoms with Crippen molar-refractivity contribution in [1.29, 1.82) is 0 Å². The van der Waals surface area contributed by atoms with Crippen LogP contribution in [0.4, 0.5) is 5.69 Å². The second-order valence-electron chi connectivity index (χ2n) is 6.67. The fourth-order valence-electron chi connectivity index (χ4n) is 3.08. The zero-order valence-corrected chi connectivity index (χ0v) is 17.6. The first-order valence-corrected chi connectivity index (χ1v) is 12.4. The van der Waals surface area contributed by atoms with E-state index in [2.05, 4.69) is 16.6 Å². The Hall–Kier alpha value is -1.75. The Balaban J connectivity index is 2.01. The van der Waals surface area contributed by atoms with Crippen molar-refractivity contribution in [2.24, 2.45) is 0 Å². The highest BCUT2D eigenvalue weighted by molar-refractivity contribution is 7.89. The molecule has 1 aromatic carbocycles. The van der Waals surface area contributed by atoms with E-state index in [9.17, 15) is 21.6 Å². The van der Waals surface area contributed by atoms with Crippen LogP contribution in [0.1, 0.15) is 31.7 Å². The standard InChI is InChI=1S/C18H27N3O5S2/c1-3-11-19-27(23,24)14-15-7-9-16(10-8-15)20-18(22)17-6-5-12-21(17)28(25,26)13-4-2/h3,7-10,17,19H,1,4-6,11-14H2,2H3,(H,20,22). The van der Waals surface area contributed by atoms with Crippen LogP contribution in [0.15, 0.2) is 36.9 Å². The van der Waals surface area contributed by atoms with Gasteiger partial charge in [-0.25, -0.2) is 21.6 Å². The van der Waals surface area contributed by atoms with Crippen molar-refractivity contribution in [3.63, 3.8) is 0 Å². The van der Waals surface area contributed by atoms with Crippen LogP contribution in [0.3, 0.4) is 0 Å². The highest BCUT2D eigenvalue weighted by Crippen LogP contribution is 2.23. The van der Waals surface area contributed by atoms with E-state index < -0.39 is 26.1 Å². The molecule has 0 aliphatic carbocycles. The molecular formula is C18H27N3O5S2. The fraction of sp³-hybridized carbons (Fsp3) is 0.500. The van der Waals surface area contributed by atoms with E-state index in [0.29, 0.717) is 37.1 Å². The summed E-state index contributed by atoms with van der Waals surface area (Å²) < 4.78 is 52.1. The van der Waals surface area contributed by atoms with Gasteiger partial charge in [-0.15, -0.1) is 6.58 Å². The van der Waals surface area contributed by atoms with Crippen LogP contribution in [-0.4, -0.2) is 51.9 Å². The largest absolute Gasteiger partial charge is 0.325 e. The van der Waals surface area contributed by atoms with E-state index in [1.165, 1.54) is 10.4 Å². The Kier molecular flexibility index (Phi) is 7.76. The molecule has 28 heavy (non-hydrogen) atoms. The number of amides is 1. The summed E-state index contributed by atoms with van der Waals surface area (Å²) in [5, 5.41) is 2.73. The van der Waals surface area contributed by atoms with Crippen LogP contribution >= 0.6 is 0 Å². The average Bonchev–Trinajstić information content (AvgIpc) is 3.12. The van der Waals surface area contributed by atoms with Crippen molar-refractivity contribution in [2.45, 2.75) is 38.0 Å². The maximum absolute atomic E-state index is 12.6. The summed E-state index contributed by atoms with van der Waals surface area (Å²) in [6.45, 7) is 5.77. The van der Waals surface area contributed by atoms with Gasteiger partial charge in [-0.05, 0) is 37.0 Å². The number of benzene rings is 1. The summed E-state index contributed by atoms with van der Waals surface area (Å²) in [5.41, 5.74) is 1.06. The van der Waals surface area contributed by atoms with Gasteiger partial charge >= 0.3 is 0 Å². The van der Waals surface area contributed by atoms with Gasteiger partial charge in [-0.1, -0.05) is 25.1 Å². The molecule has 1 aliphatic heterocycles. The normalized spacial score (nSPS) is 18.1. The van der Waals surface area contributed by atoms with Crippen molar-refractivity contribution in [1.82, 2.24) is 9.03 Å². The van der Waals surface area contributed by atoms with Crippen LogP contribution in [-0.2, 0) is 30.6 Å². The second-order valence-corrected chi connectivity index (χ2v) is 10.5. The topological polar surface area (TPSA) is 113 Å². The highest BCUT2D eigenvalue weighted by atomic mass is 32.2. The Morgan fingerprint density at radius 3 is 2.54 bits per heavy atom. The van der Waals surface area contributed by atoms with Gasteiger partial charge in [-0.3, -0.25) is 4.79 Å². The van der Waals surface area contributed by atoms with Crippen LogP contribution < -0.4 is 10.0 Å². The molecule has 0 saturated carbocycles. The smallest absolute Gasteiger partial charge is 0.242 e. The quantitative estimate of drug-likeness (QED) is 0.547. The van der Waals surface area contributed by atoms with Crippen molar-refractivity contribution in [3.05, 3.63) is 42.5 Å². The molecule has 1 aliphatic rings. The van der Waals surface area contributed by atoms with Gasteiger partial charge in [0.2, 0.25) is 26.0 Å². The van der Waals surface area contributed by atoms with Gasteiger partial charge in [0.1, 0.15) is 6.04 Å². The number of hydrogen-bond donors (Lipinski definition) is 2. The van der Waals surface area contributed by atoms with Crippen LogP contribution in [0.25, 0.3) is 0 Å². The molecule has 1 amide bonds. The third kappa shape index (κ3) is 6.13. The molecule has 1 fully saturated rings. The van der Waals surface area contributed by atoms with Crippen molar-refractivity contribution < 1.29 is 21.6 Å². The molecule has 0 aromatic heterocycles. The first-order chi connectivity index (χ1) is 13.2. The molecule has 0 radical (unpaired) electrons. The van der Waals surface area contributed by atoms with E-state index in [1.54, 1.807) is 31.2 Å². The maximum atomic E-state index is 12.6. The Morgan fingerprint density at radius 2 is 1.93 bits per heavy atom. The zero-order valence-electron chi connectivity index (χ0n) is 15.9. The minimum atomic E-state index is -3.46. The first-order valence-electron chi connectivity index (χ1n) is 9.16. The third-order valence-corrected chi connectivity index (χ3v) is 7.75. The lowest BCUT2D eigenvalue weighted by Crippen LogP contribution is -2.44. The van der Waals surface area contributed by atoms with Crippen LogP contribution in [0.5, 0.6) is 0 Å². The van der Waals surface area contributed by atoms with Gasteiger partial charge in [0.05, 0.1) is 11.5 Å². The minimum Gasteiger partial charge on any atom is -0.325 e. The van der Waals surface area contributed by atoms with Gasteiger partial charge in [0.25, 0.3) is 0 Å². The molecule has 10 heteroatoms. The predicted octanol–water partition coefficient (Wildman–Crippen LogP) is 1.43. The van der Waals surface area contributed by atoms with Gasteiger partial charge in [0, 0.05) is 18.8 Å². The average molecular weight is 430 g/mol. The van der Waals surface area contributed by atoms with Gasteiger partial charge in [-0.2, -0.15) is 4.31 Å². The number of carbonyl (C=O) groups excluding carboxylic acids is 1. The highest BCUT2D eigenvalue weighted by Gasteiger charge is 2.38. The molecule has 1 unspecified atom stereocenters. The molecule has 8 nitrogen and oxygen atoms in total. The molecule has 1 saturated heterocycles. The molecule has 1 atom stereocenters. The van der Waals surface area contributed by atoms with E-state index in [4.69, 9.17) is 0 Å². The summed E-state index contributed by atoms with van der Waals surface area (Å²) in [4.78, 5) is 12.6. The number of nitrogens with zero attached hydrogens (tertiary/aromatic N) is 1. The molecule has 0 spiro atoms. The van der Waals surface area contributed by atoms with Crippen molar-refractivity contribution in [2.75, 3.05) is 24.2 Å². The molecule has 2 rings (SSSR count). The number of nitrogens with one attached hydrogen (secondary N) is 2. The minimum absolute atomic E-state index is 0.0276. The lowest BCUT2D eigenvalue weighted by atomic mass is 10.2. The van der Waals surface area contributed by atoms with Crippen molar-refractivity contribution in [3.8, 4) is 0 Å². The number of rotatable bonds is 10. The molecule has 1 heterocycles. The van der Waals surface area contributed by atoms with Gasteiger partial charge < -0.3 is 5.32 Å². The summed E-state index contributed by atoms with van der Waals surface area (Å²) in [6.07, 6.45) is 3.10. The van der Waals surface area contributed by atoms with Crippen molar-refractivity contribution >= 4 is 31.6 Å². The first kappa shape index (κ1) is 22.5. The lowest BCUT2D eigenvalue weighted by molar-refractivity contribution is -0.119. The number of carbonyl (C=O) groups is 1. The molecule has 156 valence electrons. The van der Waals surface area contributed by atoms with Crippen LogP contribution in [0, 0.1) is 0 Å². The predicted molar refractivity (Wildman–Crippen MR) is 110 cm³/mol. The van der Waals surface area contributed by atoms with E-state index >= 15 is 0 Å². The lowest BCUT2D eigenvalue weighted by Gasteiger charge is -2.23. The van der Waals surface area contributed by atoms with E-state index in [-0.39, 0.29) is 24.0 Å². The Labute approximate surface area is 167 Å². The summed E-state index contributed by atoms with van der Waals surface area (Å²) in [7, 11) is -6.90. The number of hydrogen-bond acceptors (Lipinski definition) is 5. The van der Waals surface area contributed by atoms with E-state index in [1.807, 2.05) is 0 Å². The Bertz CT molecular complexity index is 896. The second kappa shape index (κ2) is 9.64. The van der Waals surface area contributed by atoms with Gasteiger partial charge in [0.15, 0.2) is 0 Å². The summed E-state index contributed by atoms with van der Waals surface area (Å²) >= 11 is 0. The maximum Gasteiger partial charge on any atom is 0.242 e. The summed E-state index contributed by atoms with van der Waals surface area (Å²) in [5.74, 6) is -0.522. The fourth-order valence-corrected chi connectivity index (χ4v) is 5.93. The number of sulfonamides is 2. The monoisotopic (exact) mass is 429 g/mol. The van der Waals surface area contributed by atoms with E-state index in [0.717, 1.165) is 0 Å². The van der Waals surface area contributed by atoms with Crippen LogP contribution in [0.2, 0.25) is 0 Å². The molecule has 0 bridgehead atoms. The Morgan fingerprint density at radius 1 is 1.25 bits per heavy atom.